The molecule has 100 valence electrons. The second kappa shape index (κ2) is 4.90. The Hall–Kier alpha value is -2.47. The standard InChI is InChI=1S/C13H8ClN3O3/c14-9-5-8-3-7(1-2-10(8)15-6-9)4-11-16-12(13(18)19)20-17-11/h1-3,5-6H,4H2,(H,18,19). The normalized spacial score (nSPS) is 10.8. The van der Waals surface area contributed by atoms with Crippen LogP contribution in [0.3, 0.4) is 0 Å². The summed E-state index contributed by atoms with van der Waals surface area (Å²) in [5, 5.41) is 13.8. The number of fused-ring (bicyclic) bond motifs is 1. The summed E-state index contributed by atoms with van der Waals surface area (Å²) >= 11 is 5.90. The zero-order valence-corrected chi connectivity index (χ0v) is 10.8. The predicted octanol–water partition coefficient (Wildman–Crippen LogP) is 2.56. The minimum Gasteiger partial charge on any atom is -0.474 e. The van der Waals surface area contributed by atoms with Gasteiger partial charge in [0.05, 0.1) is 10.5 Å². The van der Waals surface area contributed by atoms with Gasteiger partial charge in [0.25, 0.3) is 0 Å². The van der Waals surface area contributed by atoms with Crippen molar-refractivity contribution < 1.29 is 14.4 Å². The Morgan fingerprint density at radius 2 is 2.20 bits per heavy atom. The third-order valence-corrected chi connectivity index (χ3v) is 2.93. The molecule has 0 atom stereocenters. The number of rotatable bonds is 3. The molecular formula is C13H8ClN3O3. The zero-order chi connectivity index (χ0) is 14.1. The molecule has 7 heteroatoms. The third-order valence-electron chi connectivity index (χ3n) is 2.73. The number of pyridine rings is 1. The zero-order valence-electron chi connectivity index (χ0n) is 10.1. The minimum atomic E-state index is -1.24. The van der Waals surface area contributed by atoms with E-state index in [4.69, 9.17) is 16.7 Å². The second-order valence-corrected chi connectivity index (χ2v) is 4.61. The Balaban J connectivity index is 1.91. The molecule has 0 fully saturated rings. The summed E-state index contributed by atoms with van der Waals surface area (Å²) in [6.07, 6.45) is 1.96. The van der Waals surface area contributed by atoms with Crippen molar-refractivity contribution in [3.63, 3.8) is 0 Å². The van der Waals surface area contributed by atoms with Gasteiger partial charge in [-0.1, -0.05) is 22.8 Å². The summed E-state index contributed by atoms with van der Waals surface area (Å²) in [5.74, 6) is -1.33. The van der Waals surface area contributed by atoms with Crippen molar-refractivity contribution in [3.8, 4) is 0 Å². The van der Waals surface area contributed by atoms with E-state index < -0.39 is 11.9 Å². The number of aromatic carboxylic acids is 1. The van der Waals surface area contributed by atoms with Crippen molar-refractivity contribution in [3.05, 3.63) is 52.8 Å². The number of carboxylic acid groups (broad SMARTS) is 1. The van der Waals surface area contributed by atoms with E-state index in [2.05, 4.69) is 19.6 Å². The van der Waals surface area contributed by atoms with Crippen molar-refractivity contribution in [2.45, 2.75) is 6.42 Å². The van der Waals surface area contributed by atoms with Crippen molar-refractivity contribution in [2.24, 2.45) is 0 Å². The quantitative estimate of drug-likeness (QED) is 0.797. The van der Waals surface area contributed by atoms with Crippen LogP contribution in [0.4, 0.5) is 0 Å². The second-order valence-electron chi connectivity index (χ2n) is 4.18. The van der Waals surface area contributed by atoms with Crippen LogP contribution >= 0.6 is 11.6 Å². The highest BCUT2D eigenvalue weighted by molar-refractivity contribution is 6.31. The number of hydrogen-bond acceptors (Lipinski definition) is 5. The molecule has 0 amide bonds. The number of aromatic nitrogens is 3. The number of carboxylic acids is 1. The largest absolute Gasteiger partial charge is 0.474 e. The SMILES string of the molecule is O=C(O)c1nc(Cc2ccc3ncc(Cl)cc3c2)no1. The van der Waals surface area contributed by atoms with E-state index in [1.165, 1.54) is 0 Å². The van der Waals surface area contributed by atoms with Crippen LogP contribution in [0.15, 0.2) is 35.0 Å². The number of hydrogen-bond donors (Lipinski definition) is 1. The molecule has 20 heavy (non-hydrogen) atoms. The average Bonchev–Trinajstić information content (AvgIpc) is 2.87. The van der Waals surface area contributed by atoms with Crippen LogP contribution < -0.4 is 0 Å². The summed E-state index contributed by atoms with van der Waals surface area (Å²) in [7, 11) is 0. The van der Waals surface area contributed by atoms with Gasteiger partial charge in [0.2, 0.25) is 0 Å². The van der Waals surface area contributed by atoms with E-state index in [9.17, 15) is 4.79 Å². The molecule has 0 aliphatic rings. The molecule has 0 spiro atoms. The van der Waals surface area contributed by atoms with Crippen molar-refractivity contribution >= 4 is 28.5 Å². The maximum atomic E-state index is 10.7. The molecule has 0 bridgehead atoms. The van der Waals surface area contributed by atoms with Gasteiger partial charge in [-0.05, 0) is 23.8 Å². The monoisotopic (exact) mass is 289 g/mol. The number of carbonyl (C=O) groups is 1. The van der Waals surface area contributed by atoms with E-state index in [0.29, 0.717) is 17.3 Å². The maximum Gasteiger partial charge on any atom is 0.394 e. The average molecular weight is 290 g/mol. The minimum absolute atomic E-state index is 0.316. The first-order chi connectivity index (χ1) is 9.61. The lowest BCUT2D eigenvalue weighted by atomic mass is 10.1. The smallest absolute Gasteiger partial charge is 0.394 e. The highest BCUT2D eigenvalue weighted by atomic mass is 35.5. The molecule has 3 aromatic rings. The van der Waals surface area contributed by atoms with Crippen LogP contribution in [0.25, 0.3) is 10.9 Å². The highest BCUT2D eigenvalue weighted by Crippen LogP contribution is 2.19. The van der Waals surface area contributed by atoms with Gasteiger partial charge in [-0.2, -0.15) is 4.98 Å². The molecule has 1 aromatic carbocycles. The predicted molar refractivity (Wildman–Crippen MR) is 70.8 cm³/mol. The summed E-state index contributed by atoms with van der Waals surface area (Å²) in [4.78, 5) is 18.6. The van der Waals surface area contributed by atoms with Crippen molar-refractivity contribution in [2.75, 3.05) is 0 Å². The lowest BCUT2D eigenvalue weighted by molar-refractivity contribution is 0.0643. The molecule has 3 rings (SSSR count). The van der Waals surface area contributed by atoms with Crippen molar-refractivity contribution in [1.29, 1.82) is 0 Å². The number of nitrogens with zero attached hydrogens (tertiary/aromatic N) is 3. The first kappa shape index (κ1) is 12.6. The van der Waals surface area contributed by atoms with Gasteiger partial charge >= 0.3 is 11.9 Å². The first-order valence-electron chi connectivity index (χ1n) is 5.72. The van der Waals surface area contributed by atoms with Crippen LogP contribution in [0.5, 0.6) is 0 Å². The van der Waals surface area contributed by atoms with Crippen LogP contribution in [0, 0.1) is 0 Å². The summed E-state index contributed by atoms with van der Waals surface area (Å²) in [6.45, 7) is 0. The van der Waals surface area contributed by atoms with Gasteiger partial charge in [-0.25, -0.2) is 4.79 Å². The van der Waals surface area contributed by atoms with Gasteiger partial charge in [-0.15, -0.1) is 0 Å². The van der Waals surface area contributed by atoms with E-state index in [1.54, 1.807) is 6.20 Å². The maximum absolute atomic E-state index is 10.7. The molecule has 0 saturated heterocycles. The fourth-order valence-electron chi connectivity index (χ4n) is 1.86. The molecule has 0 saturated carbocycles. The lowest BCUT2D eigenvalue weighted by Gasteiger charge is -2.01. The molecule has 0 radical (unpaired) electrons. The number of halogens is 1. The Morgan fingerprint density at radius 3 is 2.95 bits per heavy atom. The first-order valence-corrected chi connectivity index (χ1v) is 6.10. The summed E-state index contributed by atoms with van der Waals surface area (Å²) < 4.78 is 4.61. The molecule has 2 aromatic heterocycles. The van der Waals surface area contributed by atoms with Crippen LogP contribution in [0.2, 0.25) is 5.02 Å². The van der Waals surface area contributed by atoms with Crippen LogP contribution in [-0.4, -0.2) is 26.2 Å². The Kier molecular flexibility index (Phi) is 3.08. The van der Waals surface area contributed by atoms with E-state index in [-0.39, 0.29) is 0 Å². The van der Waals surface area contributed by atoms with E-state index >= 15 is 0 Å². The Bertz CT molecular complexity index is 800. The molecule has 2 heterocycles. The van der Waals surface area contributed by atoms with Gasteiger partial charge in [-0.3, -0.25) is 4.98 Å². The van der Waals surface area contributed by atoms with Gasteiger partial charge in [0, 0.05) is 18.0 Å². The highest BCUT2D eigenvalue weighted by Gasteiger charge is 2.13. The molecule has 0 aliphatic heterocycles. The lowest BCUT2D eigenvalue weighted by Crippen LogP contribution is -1.97. The summed E-state index contributed by atoms with van der Waals surface area (Å²) in [5.41, 5.74) is 1.75. The fourth-order valence-corrected chi connectivity index (χ4v) is 2.03. The number of benzene rings is 1. The van der Waals surface area contributed by atoms with Crippen LogP contribution in [0.1, 0.15) is 22.1 Å². The van der Waals surface area contributed by atoms with Crippen LogP contribution in [-0.2, 0) is 6.42 Å². The van der Waals surface area contributed by atoms with Gasteiger partial charge < -0.3 is 9.63 Å². The molecule has 0 unspecified atom stereocenters. The molecular weight excluding hydrogens is 282 g/mol. The molecule has 1 N–H and O–H groups in total. The Labute approximate surface area is 118 Å². The van der Waals surface area contributed by atoms with E-state index in [0.717, 1.165) is 16.5 Å². The van der Waals surface area contributed by atoms with Crippen molar-refractivity contribution in [1.82, 2.24) is 15.1 Å². The fraction of sp³-hybridized carbons (Fsp3) is 0.0769. The Morgan fingerprint density at radius 1 is 1.35 bits per heavy atom. The van der Waals surface area contributed by atoms with Gasteiger partial charge in [0.1, 0.15) is 0 Å². The summed E-state index contributed by atoms with van der Waals surface area (Å²) in [6, 6.07) is 7.45. The third kappa shape index (κ3) is 2.46. The van der Waals surface area contributed by atoms with E-state index in [1.807, 2.05) is 24.3 Å². The van der Waals surface area contributed by atoms with Gasteiger partial charge in [0.15, 0.2) is 5.82 Å². The molecule has 0 aliphatic carbocycles. The topological polar surface area (TPSA) is 89.1 Å². The molecule has 6 nitrogen and oxygen atoms in total.